The molecule has 0 saturated carbocycles. The summed E-state index contributed by atoms with van der Waals surface area (Å²) in [5.74, 6) is -0.201. The number of hydrogen-bond acceptors (Lipinski definition) is 3. The van der Waals surface area contributed by atoms with Crippen LogP contribution in [0.1, 0.15) is 24.9 Å². The van der Waals surface area contributed by atoms with E-state index in [9.17, 15) is 4.79 Å². The van der Waals surface area contributed by atoms with E-state index in [1.807, 2.05) is 25.1 Å². The van der Waals surface area contributed by atoms with E-state index >= 15 is 0 Å². The normalized spacial score (nSPS) is 11.9. The van der Waals surface area contributed by atoms with Crippen molar-refractivity contribution in [1.82, 2.24) is 5.32 Å². The van der Waals surface area contributed by atoms with Crippen LogP contribution in [0, 0.1) is 0 Å². The number of carbonyl (C=O) groups is 1. The first-order chi connectivity index (χ1) is 10.2. The fraction of sp³-hybridized carbons (Fsp3) is 0.278. The zero-order valence-electron chi connectivity index (χ0n) is 12.5. The molecule has 0 aliphatic rings. The van der Waals surface area contributed by atoms with Crippen molar-refractivity contribution in [2.45, 2.75) is 19.4 Å². The molecule has 0 bridgehead atoms. The van der Waals surface area contributed by atoms with Crippen molar-refractivity contribution < 1.29 is 9.53 Å². The maximum absolute atomic E-state index is 11.5. The molecule has 3 nitrogen and oxygen atoms in total. The zero-order valence-corrected chi connectivity index (χ0v) is 12.5. The average Bonchev–Trinajstić information content (AvgIpc) is 2.55. The van der Waals surface area contributed by atoms with Crippen LogP contribution in [0.4, 0.5) is 0 Å². The second-order valence-electron chi connectivity index (χ2n) is 4.88. The predicted molar refractivity (Wildman–Crippen MR) is 84.9 cm³/mol. The summed E-state index contributed by atoms with van der Waals surface area (Å²) in [5, 5.41) is 3.32. The number of benzene rings is 2. The van der Waals surface area contributed by atoms with Crippen molar-refractivity contribution in [2.24, 2.45) is 0 Å². The molecule has 1 atom stereocenters. The van der Waals surface area contributed by atoms with E-state index < -0.39 is 0 Å². The van der Waals surface area contributed by atoms with Crippen molar-refractivity contribution in [1.29, 1.82) is 0 Å². The largest absolute Gasteiger partial charge is 0.469 e. The highest BCUT2D eigenvalue weighted by Gasteiger charge is 2.15. The Morgan fingerprint density at radius 1 is 1.05 bits per heavy atom. The van der Waals surface area contributed by atoms with Crippen molar-refractivity contribution in [2.75, 3.05) is 13.7 Å². The van der Waals surface area contributed by atoms with Gasteiger partial charge in [0.2, 0.25) is 0 Å². The number of rotatable bonds is 6. The molecule has 0 heterocycles. The van der Waals surface area contributed by atoms with Gasteiger partial charge in [0.1, 0.15) is 0 Å². The van der Waals surface area contributed by atoms with Crippen LogP contribution in [0.15, 0.2) is 54.6 Å². The van der Waals surface area contributed by atoms with Gasteiger partial charge >= 0.3 is 5.97 Å². The van der Waals surface area contributed by atoms with Gasteiger partial charge in [-0.3, -0.25) is 4.79 Å². The van der Waals surface area contributed by atoms with Crippen molar-refractivity contribution in [3.05, 3.63) is 60.2 Å². The summed E-state index contributed by atoms with van der Waals surface area (Å²) in [4.78, 5) is 11.5. The minimum Gasteiger partial charge on any atom is -0.469 e. The number of hydrogen-bond donors (Lipinski definition) is 1. The summed E-state index contributed by atoms with van der Waals surface area (Å²) < 4.78 is 4.76. The smallest absolute Gasteiger partial charge is 0.307 e. The van der Waals surface area contributed by atoms with Crippen molar-refractivity contribution in [3.63, 3.8) is 0 Å². The third-order valence-corrected chi connectivity index (χ3v) is 3.47. The van der Waals surface area contributed by atoms with Crippen LogP contribution >= 0.6 is 0 Å². The van der Waals surface area contributed by atoms with Crippen LogP contribution in [-0.4, -0.2) is 19.6 Å². The second-order valence-corrected chi connectivity index (χ2v) is 4.88. The summed E-state index contributed by atoms with van der Waals surface area (Å²) in [6, 6.07) is 18.6. The molecule has 110 valence electrons. The fourth-order valence-corrected chi connectivity index (χ4v) is 2.34. The number of esters is 1. The molecule has 21 heavy (non-hydrogen) atoms. The van der Waals surface area contributed by atoms with Gasteiger partial charge in [-0.05, 0) is 23.2 Å². The number of methoxy groups -OCH3 is 1. The molecule has 0 spiro atoms. The molecule has 0 radical (unpaired) electrons. The number of nitrogens with one attached hydrogen (secondary N) is 1. The Labute approximate surface area is 126 Å². The maximum atomic E-state index is 11.5. The summed E-state index contributed by atoms with van der Waals surface area (Å²) in [7, 11) is 1.42. The lowest BCUT2D eigenvalue weighted by atomic mass is 9.99. The topological polar surface area (TPSA) is 38.3 Å². The van der Waals surface area contributed by atoms with Gasteiger partial charge in [0.15, 0.2) is 0 Å². The lowest BCUT2D eigenvalue weighted by molar-refractivity contribution is -0.141. The second kappa shape index (κ2) is 7.60. The minimum absolute atomic E-state index is 0.00715. The Bertz CT molecular complexity index is 564. The third kappa shape index (κ3) is 4.17. The molecule has 0 aliphatic heterocycles. The molecule has 1 N–H and O–H groups in total. The average molecular weight is 283 g/mol. The lowest BCUT2D eigenvalue weighted by Crippen LogP contribution is -2.24. The lowest BCUT2D eigenvalue weighted by Gasteiger charge is -2.17. The quantitative estimate of drug-likeness (QED) is 0.824. The van der Waals surface area contributed by atoms with E-state index in [-0.39, 0.29) is 12.0 Å². The van der Waals surface area contributed by atoms with Gasteiger partial charge in [-0.15, -0.1) is 0 Å². The minimum atomic E-state index is -0.201. The van der Waals surface area contributed by atoms with Crippen LogP contribution in [0.3, 0.4) is 0 Å². The standard InChI is InChI=1S/C18H21NO2/c1-3-19-17(13-18(20)21-2)16-11-9-15(10-12-16)14-7-5-4-6-8-14/h4-12,17,19H,3,13H2,1-2H3. The van der Waals surface area contributed by atoms with Gasteiger partial charge < -0.3 is 10.1 Å². The first-order valence-electron chi connectivity index (χ1n) is 7.20. The van der Waals surface area contributed by atoms with Crippen molar-refractivity contribution >= 4 is 5.97 Å². The van der Waals surface area contributed by atoms with Crippen LogP contribution in [0.2, 0.25) is 0 Å². The number of carbonyl (C=O) groups excluding carboxylic acids is 1. The molecule has 3 heteroatoms. The van der Waals surface area contributed by atoms with E-state index in [1.54, 1.807) is 0 Å². The highest BCUT2D eigenvalue weighted by atomic mass is 16.5. The Kier molecular flexibility index (Phi) is 5.52. The van der Waals surface area contributed by atoms with E-state index in [4.69, 9.17) is 4.74 Å². The van der Waals surface area contributed by atoms with E-state index in [0.717, 1.165) is 12.1 Å². The van der Waals surface area contributed by atoms with E-state index in [1.165, 1.54) is 18.2 Å². The van der Waals surface area contributed by atoms with E-state index in [0.29, 0.717) is 6.42 Å². The Morgan fingerprint density at radius 3 is 2.24 bits per heavy atom. The first-order valence-corrected chi connectivity index (χ1v) is 7.20. The molecule has 2 aromatic rings. The molecule has 1 unspecified atom stereocenters. The van der Waals surface area contributed by atoms with Gasteiger partial charge in [0.05, 0.1) is 13.5 Å². The molecule has 0 amide bonds. The highest BCUT2D eigenvalue weighted by Crippen LogP contribution is 2.23. The number of ether oxygens (including phenoxy) is 1. The van der Waals surface area contributed by atoms with Crippen LogP contribution in [0.25, 0.3) is 11.1 Å². The summed E-state index contributed by atoms with van der Waals surface area (Å²) in [6.07, 6.45) is 0.342. The predicted octanol–water partition coefficient (Wildman–Crippen LogP) is 3.57. The molecule has 2 aromatic carbocycles. The van der Waals surface area contributed by atoms with Crippen molar-refractivity contribution in [3.8, 4) is 11.1 Å². The van der Waals surface area contributed by atoms with Crippen LogP contribution in [0.5, 0.6) is 0 Å². The monoisotopic (exact) mass is 283 g/mol. The third-order valence-electron chi connectivity index (χ3n) is 3.47. The Hall–Kier alpha value is -2.13. The molecule has 0 saturated heterocycles. The van der Waals surface area contributed by atoms with Crippen LogP contribution in [-0.2, 0) is 9.53 Å². The zero-order chi connectivity index (χ0) is 15.1. The fourth-order valence-electron chi connectivity index (χ4n) is 2.34. The Balaban J connectivity index is 2.17. The van der Waals surface area contributed by atoms with Gasteiger partial charge in [0.25, 0.3) is 0 Å². The van der Waals surface area contributed by atoms with Gasteiger partial charge in [-0.25, -0.2) is 0 Å². The summed E-state index contributed by atoms with van der Waals surface area (Å²) in [6.45, 7) is 2.84. The Morgan fingerprint density at radius 2 is 1.67 bits per heavy atom. The van der Waals surface area contributed by atoms with Gasteiger partial charge in [-0.1, -0.05) is 61.5 Å². The summed E-state index contributed by atoms with van der Waals surface area (Å²) >= 11 is 0. The maximum Gasteiger partial charge on any atom is 0.307 e. The molecular weight excluding hydrogens is 262 g/mol. The molecule has 0 fully saturated rings. The summed E-state index contributed by atoms with van der Waals surface area (Å²) in [5.41, 5.74) is 3.46. The molecule has 2 rings (SSSR count). The van der Waals surface area contributed by atoms with Gasteiger partial charge in [-0.2, -0.15) is 0 Å². The highest BCUT2D eigenvalue weighted by molar-refractivity contribution is 5.70. The molecular formula is C18H21NO2. The molecule has 0 aromatic heterocycles. The molecule has 0 aliphatic carbocycles. The first kappa shape index (κ1) is 15.3. The van der Waals surface area contributed by atoms with Crippen LogP contribution < -0.4 is 5.32 Å². The SMILES string of the molecule is CCNC(CC(=O)OC)c1ccc(-c2ccccc2)cc1. The van der Waals surface area contributed by atoms with Gasteiger partial charge in [0, 0.05) is 6.04 Å². The van der Waals surface area contributed by atoms with E-state index in [2.05, 4.69) is 41.7 Å².